The number of nitrogens with zero attached hydrogens (tertiary/aromatic N) is 3. The van der Waals surface area contributed by atoms with Gasteiger partial charge in [-0.2, -0.15) is 0 Å². The fourth-order valence-corrected chi connectivity index (χ4v) is 4.10. The smallest absolute Gasteiger partial charge is 0.280 e. The van der Waals surface area contributed by atoms with Gasteiger partial charge in [0, 0.05) is 23.4 Å². The van der Waals surface area contributed by atoms with Crippen molar-refractivity contribution in [3.8, 4) is 11.4 Å². The quantitative estimate of drug-likeness (QED) is 0.225. The van der Waals surface area contributed by atoms with E-state index in [4.69, 9.17) is 4.98 Å². The van der Waals surface area contributed by atoms with E-state index < -0.39 is 0 Å². The van der Waals surface area contributed by atoms with Crippen LogP contribution in [0.25, 0.3) is 44.0 Å². The summed E-state index contributed by atoms with van der Waals surface area (Å²) >= 11 is 0. The monoisotopic (exact) mass is 367 g/mol. The zero-order valence-electron chi connectivity index (χ0n) is 15.3. The molecule has 0 saturated carbocycles. The lowest BCUT2D eigenvalue weighted by Gasteiger charge is -2.10. The zero-order valence-corrected chi connectivity index (χ0v) is 15.3. The van der Waals surface area contributed by atoms with E-state index in [9.17, 15) is 10.1 Å². The van der Waals surface area contributed by atoms with Crippen LogP contribution in [0.15, 0.2) is 72.8 Å². The number of para-hydroxylation sites is 1. The molecule has 5 rings (SSSR count). The first-order chi connectivity index (χ1) is 13.7. The van der Waals surface area contributed by atoms with Gasteiger partial charge in [0.15, 0.2) is 0 Å². The third kappa shape index (κ3) is 2.23. The molecular weight excluding hydrogens is 350 g/mol. The predicted molar refractivity (Wildman–Crippen MR) is 113 cm³/mol. The fourth-order valence-electron chi connectivity index (χ4n) is 4.10. The Hall–Kier alpha value is -3.73. The van der Waals surface area contributed by atoms with Crippen LogP contribution in [-0.2, 0) is 6.54 Å². The van der Waals surface area contributed by atoms with Gasteiger partial charge in [0.05, 0.1) is 21.5 Å². The van der Waals surface area contributed by atoms with Crippen molar-refractivity contribution in [1.82, 2.24) is 9.55 Å². The van der Waals surface area contributed by atoms with Gasteiger partial charge in [0.2, 0.25) is 0 Å². The molecule has 0 aliphatic carbocycles. The van der Waals surface area contributed by atoms with Crippen LogP contribution in [0.2, 0.25) is 0 Å². The average molecular weight is 367 g/mol. The molecular formula is C23H17N3O2. The van der Waals surface area contributed by atoms with Crippen molar-refractivity contribution in [2.24, 2.45) is 0 Å². The maximum Gasteiger partial charge on any atom is 0.280 e. The van der Waals surface area contributed by atoms with Gasteiger partial charge in [0.1, 0.15) is 5.82 Å². The summed E-state index contributed by atoms with van der Waals surface area (Å²) in [6.07, 6.45) is 0. The molecule has 5 heteroatoms. The van der Waals surface area contributed by atoms with Crippen molar-refractivity contribution in [2.75, 3.05) is 0 Å². The molecule has 1 aromatic heterocycles. The molecule has 0 fully saturated rings. The highest BCUT2D eigenvalue weighted by Gasteiger charge is 2.22. The van der Waals surface area contributed by atoms with E-state index in [1.54, 1.807) is 12.1 Å². The van der Waals surface area contributed by atoms with Crippen molar-refractivity contribution in [1.29, 1.82) is 0 Å². The molecule has 0 spiro atoms. The molecule has 0 N–H and O–H groups in total. The predicted octanol–water partition coefficient (Wildman–Crippen LogP) is 5.94. The van der Waals surface area contributed by atoms with Crippen LogP contribution in [0.5, 0.6) is 0 Å². The second-order valence-corrected chi connectivity index (χ2v) is 6.74. The molecule has 136 valence electrons. The lowest BCUT2D eigenvalue weighted by Crippen LogP contribution is -2.00. The molecule has 0 saturated heterocycles. The number of benzene rings is 4. The number of imidazole rings is 1. The van der Waals surface area contributed by atoms with Gasteiger partial charge in [-0.15, -0.1) is 0 Å². The average Bonchev–Trinajstić information content (AvgIpc) is 3.14. The molecule has 0 aliphatic rings. The normalized spacial score (nSPS) is 11.5. The Kier molecular flexibility index (Phi) is 3.62. The largest absolute Gasteiger partial charge is 0.324 e. The highest BCUT2D eigenvalue weighted by molar-refractivity contribution is 6.23. The van der Waals surface area contributed by atoms with Crippen LogP contribution in [0.3, 0.4) is 0 Å². The van der Waals surface area contributed by atoms with E-state index in [-0.39, 0.29) is 10.6 Å². The lowest BCUT2D eigenvalue weighted by molar-refractivity contribution is -0.384. The summed E-state index contributed by atoms with van der Waals surface area (Å²) in [6, 6.07) is 23.3. The number of fused-ring (bicyclic) bond motifs is 6. The van der Waals surface area contributed by atoms with E-state index in [0.29, 0.717) is 17.9 Å². The standard InChI is InChI=1S/C23H17N3O2/c1-2-25-22-18-12-6-4-10-16(18)15-9-3-5-11-17(15)21(22)24-23(25)19-13-7-8-14-20(19)26(27)28/h3-14H,2H2,1H3. The molecule has 0 radical (unpaired) electrons. The second kappa shape index (κ2) is 6.16. The van der Waals surface area contributed by atoms with Crippen LogP contribution in [0, 0.1) is 10.1 Å². The van der Waals surface area contributed by atoms with Gasteiger partial charge in [-0.05, 0) is 23.8 Å². The summed E-state index contributed by atoms with van der Waals surface area (Å²) in [5, 5.41) is 16.1. The van der Waals surface area contributed by atoms with Gasteiger partial charge < -0.3 is 4.57 Å². The Morgan fingerprint density at radius 3 is 2.11 bits per heavy atom. The highest BCUT2D eigenvalue weighted by atomic mass is 16.6. The lowest BCUT2D eigenvalue weighted by atomic mass is 10.00. The first kappa shape index (κ1) is 16.4. The number of hydrogen-bond donors (Lipinski definition) is 0. The van der Waals surface area contributed by atoms with Crippen LogP contribution in [-0.4, -0.2) is 14.5 Å². The topological polar surface area (TPSA) is 61.0 Å². The van der Waals surface area contributed by atoms with Gasteiger partial charge in [0.25, 0.3) is 5.69 Å². The Balaban J connectivity index is 2.01. The van der Waals surface area contributed by atoms with Crippen molar-refractivity contribution >= 4 is 38.3 Å². The van der Waals surface area contributed by atoms with E-state index in [1.807, 2.05) is 37.3 Å². The summed E-state index contributed by atoms with van der Waals surface area (Å²) in [5.74, 6) is 0.631. The second-order valence-electron chi connectivity index (χ2n) is 6.74. The molecule has 28 heavy (non-hydrogen) atoms. The molecule has 0 bridgehead atoms. The Morgan fingerprint density at radius 1 is 0.857 bits per heavy atom. The third-order valence-corrected chi connectivity index (χ3v) is 5.28. The van der Waals surface area contributed by atoms with Gasteiger partial charge >= 0.3 is 0 Å². The fraction of sp³-hybridized carbons (Fsp3) is 0.0870. The van der Waals surface area contributed by atoms with E-state index in [2.05, 4.69) is 28.8 Å². The summed E-state index contributed by atoms with van der Waals surface area (Å²) in [4.78, 5) is 16.2. The maximum absolute atomic E-state index is 11.6. The van der Waals surface area contributed by atoms with Gasteiger partial charge in [-0.3, -0.25) is 10.1 Å². The summed E-state index contributed by atoms with van der Waals surface area (Å²) < 4.78 is 2.09. The van der Waals surface area contributed by atoms with Crippen LogP contribution >= 0.6 is 0 Å². The number of nitro groups is 1. The molecule has 0 amide bonds. The van der Waals surface area contributed by atoms with Crippen LogP contribution in [0.1, 0.15) is 6.92 Å². The molecule has 1 heterocycles. The number of aromatic nitrogens is 2. The number of aryl methyl sites for hydroxylation is 1. The molecule has 4 aromatic carbocycles. The third-order valence-electron chi connectivity index (χ3n) is 5.28. The highest BCUT2D eigenvalue weighted by Crippen LogP contribution is 2.38. The van der Waals surface area contributed by atoms with E-state index >= 15 is 0 Å². The van der Waals surface area contributed by atoms with E-state index in [0.717, 1.165) is 32.6 Å². The number of nitro benzene ring substituents is 1. The molecule has 0 atom stereocenters. The number of rotatable bonds is 3. The van der Waals surface area contributed by atoms with Crippen molar-refractivity contribution < 1.29 is 4.92 Å². The first-order valence-corrected chi connectivity index (χ1v) is 9.24. The van der Waals surface area contributed by atoms with Crippen molar-refractivity contribution in [2.45, 2.75) is 13.5 Å². The summed E-state index contributed by atoms with van der Waals surface area (Å²) in [6.45, 7) is 2.71. The SMILES string of the molecule is CCn1c(-c2ccccc2[N+](=O)[O-])nc2c3ccccc3c3ccccc3c21. The van der Waals surface area contributed by atoms with E-state index in [1.165, 1.54) is 6.07 Å². The Bertz CT molecular complexity index is 1390. The summed E-state index contributed by atoms with van der Waals surface area (Å²) in [5.41, 5.74) is 2.51. The Labute approximate surface area is 161 Å². The van der Waals surface area contributed by atoms with Crippen LogP contribution in [0.4, 0.5) is 5.69 Å². The molecule has 5 nitrogen and oxygen atoms in total. The van der Waals surface area contributed by atoms with Gasteiger partial charge in [-0.1, -0.05) is 60.7 Å². The Morgan fingerprint density at radius 2 is 1.43 bits per heavy atom. The minimum atomic E-state index is -0.342. The zero-order chi connectivity index (χ0) is 19.3. The molecule has 0 unspecified atom stereocenters. The molecule has 0 aliphatic heterocycles. The van der Waals surface area contributed by atoms with Crippen molar-refractivity contribution in [3.05, 3.63) is 82.9 Å². The molecule has 5 aromatic rings. The first-order valence-electron chi connectivity index (χ1n) is 9.24. The van der Waals surface area contributed by atoms with Crippen LogP contribution < -0.4 is 0 Å². The number of hydrogen-bond acceptors (Lipinski definition) is 3. The van der Waals surface area contributed by atoms with Crippen molar-refractivity contribution in [3.63, 3.8) is 0 Å². The van der Waals surface area contributed by atoms with Gasteiger partial charge in [-0.25, -0.2) is 4.98 Å². The maximum atomic E-state index is 11.6. The minimum Gasteiger partial charge on any atom is -0.324 e. The summed E-state index contributed by atoms with van der Waals surface area (Å²) in [7, 11) is 0. The minimum absolute atomic E-state index is 0.0705.